The summed E-state index contributed by atoms with van der Waals surface area (Å²) in [5.74, 6) is 0.162. The number of amides is 1. The maximum Gasteiger partial charge on any atom is 0.324 e. The van der Waals surface area contributed by atoms with Gasteiger partial charge in [-0.15, -0.1) is 11.6 Å². The quantitative estimate of drug-likeness (QED) is 0.514. The van der Waals surface area contributed by atoms with Crippen LogP contribution in [0.4, 0.5) is 5.00 Å². The molecule has 19 heavy (non-hydrogen) atoms. The summed E-state index contributed by atoms with van der Waals surface area (Å²) >= 11 is 6.62. The van der Waals surface area contributed by atoms with Crippen LogP contribution in [0.15, 0.2) is 12.1 Å². The second kappa shape index (κ2) is 6.34. The van der Waals surface area contributed by atoms with Gasteiger partial charge in [0.05, 0.1) is 9.80 Å². The third kappa shape index (κ3) is 4.47. The molecule has 0 aliphatic carbocycles. The maximum atomic E-state index is 12.0. The van der Waals surface area contributed by atoms with Gasteiger partial charge in [-0.05, 0) is 17.9 Å². The number of nitro groups is 1. The van der Waals surface area contributed by atoms with Crippen molar-refractivity contribution in [3.63, 3.8) is 0 Å². The number of halogens is 1. The molecule has 1 aromatic heterocycles. The van der Waals surface area contributed by atoms with E-state index in [0.717, 1.165) is 11.3 Å². The van der Waals surface area contributed by atoms with Gasteiger partial charge < -0.3 is 5.32 Å². The second-order valence-electron chi connectivity index (χ2n) is 5.26. The molecule has 0 bridgehead atoms. The van der Waals surface area contributed by atoms with E-state index in [1.54, 1.807) is 0 Å². The van der Waals surface area contributed by atoms with E-state index in [9.17, 15) is 14.9 Å². The Labute approximate surface area is 121 Å². The lowest BCUT2D eigenvalue weighted by molar-refractivity contribution is -0.380. The molecule has 0 aliphatic rings. The molecule has 1 amide bonds. The van der Waals surface area contributed by atoms with E-state index in [1.165, 1.54) is 12.1 Å². The van der Waals surface area contributed by atoms with E-state index in [1.807, 2.05) is 20.8 Å². The number of carbonyl (C=O) groups is 1. The molecule has 5 nitrogen and oxygen atoms in total. The molecule has 1 rings (SSSR count). The average molecular weight is 305 g/mol. The summed E-state index contributed by atoms with van der Waals surface area (Å²) in [5.41, 5.74) is -0.117. The van der Waals surface area contributed by atoms with Gasteiger partial charge in [-0.25, -0.2) is 0 Å². The highest BCUT2D eigenvalue weighted by atomic mass is 35.5. The number of hydrogen-bond acceptors (Lipinski definition) is 4. The van der Waals surface area contributed by atoms with Crippen molar-refractivity contribution in [3.8, 4) is 0 Å². The molecule has 0 fully saturated rings. The van der Waals surface area contributed by atoms with E-state index in [-0.39, 0.29) is 22.4 Å². The lowest BCUT2D eigenvalue weighted by atomic mass is 9.85. The molecule has 1 N–H and O–H groups in total. The van der Waals surface area contributed by atoms with Crippen molar-refractivity contribution in [1.82, 2.24) is 5.32 Å². The lowest BCUT2D eigenvalue weighted by Crippen LogP contribution is -2.43. The predicted octanol–water partition coefficient (Wildman–Crippen LogP) is 3.43. The van der Waals surface area contributed by atoms with Crippen LogP contribution in [-0.4, -0.2) is 22.8 Å². The number of carbonyl (C=O) groups excluding carboxylic acids is 1. The van der Waals surface area contributed by atoms with E-state index >= 15 is 0 Å². The van der Waals surface area contributed by atoms with Gasteiger partial charge in [-0.2, -0.15) is 0 Å². The van der Waals surface area contributed by atoms with Gasteiger partial charge in [0.25, 0.3) is 5.91 Å². The molecule has 1 unspecified atom stereocenters. The Morgan fingerprint density at radius 1 is 1.53 bits per heavy atom. The molecule has 1 aromatic rings. The number of nitrogens with one attached hydrogen (secondary N) is 1. The lowest BCUT2D eigenvalue weighted by Gasteiger charge is -2.30. The van der Waals surface area contributed by atoms with Crippen LogP contribution >= 0.6 is 22.9 Å². The molecule has 7 heteroatoms. The van der Waals surface area contributed by atoms with Crippen LogP contribution in [0, 0.1) is 15.5 Å². The SMILES string of the molecule is CC(C)(C)C(CCCl)NC(=O)c1ccc([N+](=O)[O-])s1. The number of hydrogen-bond donors (Lipinski definition) is 1. The summed E-state index contributed by atoms with van der Waals surface area (Å²) in [6.45, 7) is 6.05. The molecule has 0 aromatic carbocycles. The van der Waals surface area contributed by atoms with E-state index < -0.39 is 4.92 Å². The zero-order valence-electron chi connectivity index (χ0n) is 11.1. The molecule has 1 heterocycles. The van der Waals surface area contributed by atoms with E-state index in [0.29, 0.717) is 17.2 Å². The number of rotatable bonds is 5. The molecule has 1 atom stereocenters. The zero-order valence-corrected chi connectivity index (χ0v) is 12.7. The molecular formula is C12H17ClN2O3S. The van der Waals surface area contributed by atoms with Gasteiger partial charge in [-0.1, -0.05) is 32.1 Å². The van der Waals surface area contributed by atoms with Crippen molar-refractivity contribution in [2.45, 2.75) is 33.2 Å². The maximum absolute atomic E-state index is 12.0. The molecule has 0 radical (unpaired) electrons. The van der Waals surface area contributed by atoms with E-state index in [4.69, 9.17) is 11.6 Å². The van der Waals surface area contributed by atoms with E-state index in [2.05, 4.69) is 5.32 Å². The van der Waals surface area contributed by atoms with Crippen LogP contribution in [0.5, 0.6) is 0 Å². The summed E-state index contributed by atoms with van der Waals surface area (Å²) in [6.07, 6.45) is 0.657. The van der Waals surface area contributed by atoms with Gasteiger partial charge >= 0.3 is 5.00 Å². The van der Waals surface area contributed by atoms with Crippen LogP contribution < -0.4 is 5.32 Å². The first-order chi connectivity index (χ1) is 8.75. The first kappa shape index (κ1) is 15.9. The van der Waals surface area contributed by atoms with Crippen molar-refractivity contribution in [2.24, 2.45) is 5.41 Å². The van der Waals surface area contributed by atoms with Crippen LogP contribution in [0.25, 0.3) is 0 Å². The molecule has 0 saturated carbocycles. The van der Waals surface area contributed by atoms with Crippen molar-refractivity contribution < 1.29 is 9.72 Å². The van der Waals surface area contributed by atoms with Crippen LogP contribution in [0.2, 0.25) is 0 Å². The average Bonchev–Trinajstić information content (AvgIpc) is 2.76. The fraction of sp³-hybridized carbons (Fsp3) is 0.583. The van der Waals surface area contributed by atoms with Crippen LogP contribution in [0.3, 0.4) is 0 Å². The molecule has 106 valence electrons. The highest BCUT2D eigenvalue weighted by Crippen LogP contribution is 2.26. The topological polar surface area (TPSA) is 72.2 Å². The molecule has 0 aliphatic heterocycles. The fourth-order valence-corrected chi connectivity index (χ4v) is 2.55. The minimum Gasteiger partial charge on any atom is -0.348 e. The van der Waals surface area contributed by atoms with Crippen molar-refractivity contribution >= 4 is 33.8 Å². The minimum absolute atomic E-state index is 0.0326. The highest BCUT2D eigenvalue weighted by Gasteiger charge is 2.27. The molecule has 0 saturated heterocycles. The van der Waals surface area contributed by atoms with Crippen LogP contribution in [-0.2, 0) is 0 Å². The third-order valence-corrected chi connectivity index (χ3v) is 4.00. The Morgan fingerprint density at radius 2 is 2.16 bits per heavy atom. The normalized spacial score (nSPS) is 13.1. The summed E-state index contributed by atoms with van der Waals surface area (Å²) in [5, 5.41) is 13.4. The highest BCUT2D eigenvalue weighted by molar-refractivity contribution is 7.17. The zero-order chi connectivity index (χ0) is 14.6. The van der Waals surface area contributed by atoms with Gasteiger partial charge in [0.15, 0.2) is 0 Å². The minimum atomic E-state index is -0.499. The summed E-state index contributed by atoms with van der Waals surface area (Å²) < 4.78 is 0. The van der Waals surface area contributed by atoms with Gasteiger partial charge in [-0.3, -0.25) is 14.9 Å². The first-order valence-electron chi connectivity index (χ1n) is 5.86. The second-order valence-corrected chi connectivity index (χ2v) is 6.70. The Bertz CT molecular complexity index is 468. The largest absolute Gasteiger partial charge is 0.348 e. The smallest absolute Gasteiger partial charge is 0.324 e. The monoisotopic (exact) mass is 304 g/mol. The summed E-state index contributed by atoms with van der Waals surface area (Å²) in [6, 6.07) is 2.74. The predicted molar refractivity (Wildman–Crippen MR) is 77.0 cm³/mol. The Kier molecular flexibility index (Phi) is 5.31. The molecule has 0 spiro atoms. The fourth-order valence-electron chi connectivity index (χ4n) is 1.61. The number of alkyl halides is 1. The Balaban J connectivity index is 2.78. The number of nitrogens with zero attached hydrogens (tertiary/aromatic N) is 1. The van der Waals surface area contributed by atoms with Gasteiger partial charge in [0.2, 0.25) is 0 Å². The number of thiophene rings is 1. The third-order valence-electron chi connectivity index (χ3n) is 2.74. The summed E-state index contributed by atoms with van der Waals surface area (Å²) in [7, 11) is 0. The Hall–Kier alpha value is -1.14. The van der Waals surface area contributed by atoms with Gasteiger partial charge in [0, 0.05) is 18.0 Å². The Morgan fingerprint density at radius 3 is 2.58 bits per heavy atom. The van der Waals surface area contributed by atoms with Crippen LogP contribution in [0.1, 0.15) is 36.9 Å². The molecular weight excluding hydrogens is 288 g/mol. The van der Waals surface area contributed by atoms with Crippen molar-refractivity contribution in [1.29, 1.82) is 0 Å². The van der Waals surface area contributed by atoms with Gasteiger partial charge in [0.1, 0.15) is 0 Å². The first-order valence-corrected chi connectivity index (χ1v) is 7.22. The van der Waals surface area contributed by atoms with Crippen molar-refractivity contribution in [3.05, 3.63) is 27.1 Å². The standard InChI is InChI=1S/C12H17ClN2O3S/c1-12(2,3)9(6-7-13)14-11(16)8-4-5-10(19-8)15(17)18/h4-5,9H,6-7H2,1-3H3,(H,14,16). The summed E-state index contributed by atoms with van der Waals surface area (Å²) in [4.78, 5) is 22.5. The van der Waals surface area contributed by atoms with Crippen molar-refractivity contribution in [2.75, 3.05) is 5.88 Å².